The van der Waals surface area contributed by atoms with Gasteiger partial charge in [0.15, 0.2) is 0 Å². The van der Waals surface area contributed by atoms with E-state index in [2.05, 4.69) is 35.9 Å². The van der Waals surface area contributed by atoms with Crippen molar-refractivity contribution in [1.29, 1.82) is 0 Å². The van der Waals surface area contributed by atoms with Crippen molar-refractivity contribution in [2.45, 2.75) is 71.1 Å². The quantitative estimate of drug-likeness (QED) is 0.256. The number of hydrogen-bond donors (Lipinski definition) is 0. The van der Waals surface area contributed by atoms with Gasteiger partial charge in [-0.1, -0.05) is 82.4 Å². The fraction of sp³-hybridized carbons (Fsp3) is 0.458. The van der Waals surface area contributed by atoms with Crippen LogP contribution in [0.1, 0.15) is 75.8 Å². The Morgan fingerprint density at radius 1 is 1.00 bits per heavy atom. The minimum absolute atomic E-state index is 0.108. The molecule has 2 aromatic rings. The Morgan fingerprint density at radius 3 is 2.39 bits per heavy atom. The molecule has 1 aromatic carbocycles. The second kappa shape index (κ2) is 12.8. The lowest BCUT2D eigenvalue weighted by Crippen LogP contribution is -2.08. The van der Waals surface area contributed by atoms with Gasteiger partial charge in [-0.15, -0.1) is 0 Å². The highest BCUT2D eigenvalue weighted by atomic mass is 16.5. The summed E-state index contributed by atoms with van der Waals surface area (Å²) in [5.41, 5.74) is 2.28. The van der Waals surface area contributed by atoms with Gasteiger partial charge in [0.2, 0.25) is 0 Å². The fourth-order valence-electron chi connectivity index (χ4n) is 3.16. The van der Waals surface area contributed by atoms with E-state index in [1.165, 1.54) is 37.3 Å². The summed E-state index contributed by atoms with van der Waals surface area (Å²) < 4.78 is 5.24. The molecule has 1 aromatic heterocycles. The van der Waals surface area contributed by atoms with Crippen LogP contribution in [0.25, 0.3) is 0 Å². The monoisotopic (exact) mass is 380 g/mol. The number of nitrogens with zero attached hydrogens (tertiary/aromatic N) is 2. The third kappa shape index (κ3) is 8.03. The molecule has 0 fully saturated rings. The summed E-state index contributed by atoms with van der Waals surface area (Å²) >= 11 is 0. The van der Waals surface area contributed by atoms with Crippen molar-refractivity contribution in [2.24, 2.45) is 0 Å². The number of carbonyl (C=O) groups excluding carboxylic acids is 1. The Balaban J connectivity index is 1.83. The van der Waals surface area contributed by atoms with E-state index in [9.17, 15) is 4.79 Å². The van der Waals surface area contributed by atoms with Crippen molar-refractivity contribution >= 4 is 5.97 Å². The molecular weight excluding hydrogens is 348 g/mol. The Kier molecular flexibility index (Phi) is 9.98. The average molecular weight is 381 g/mol. The van der Waals surface area contributed by atoms with Gasteiger partial charge in [-0.05, 0) is 30.4 Å². The molecule has 0 saturated carbocycles. The molecule has 0 aliphatic carbocycles. The van der Waals surface area contributed by atoms with Crippen molar-refractivity contribution in [3.05, 3.63) is 66.0 Å². The van der Waals surface area contributed by atoms with E-state index in [0.717, 1.165) is 31.2 Å². The molecule has 0 saturated heterocycles. The number of allylic oxidation sites excluding steroid dienone is 1. The maximum atomic E-state index is 12.1. The number of rotatable bonds is 12. The number of carbonyl (C=O) groups is 1. The fourth-order valence-corrected chi connectivity index (χ4v) is 3.16. The van der Waals surface area contributed by atoms with E-state index in [1.54, 1.807) is 12.4 Å². The molecule has 28 heavy (non-hydrogen) atoms. The van der Waals surface area contributed by atoms with Crippen LogP contribution in [0.2, 0.25) is 0 Å². The standard InChI is InChI=1S/C24H32N2O2/c1-3-5-6-7-9-13-20-18-25-24(26-19-20)28-23(27)17-16-21(12-4-2)22-14-10-8-11-15-22/h8,10-11,14-19,21H,3-7,9,12-13H2,1-2H3. The second-order valence-corrected chi connectivity index (χ2v) is 7.12. The Labute approximate surface area is 169 Å². The maximum Gasteiger partial charge on any atom is 0.338 e. The minimum atomic E-state index is -0.440. The van der Waals surface area contributed by atoms with Crippen LogP contribution in [0.4, 0.5) is 0 Å². The van der Waals surface area contributed by atoms with Crippen molar-refractivity contribution < 1.29 is 9.53 Å². The van der Waals surface area contributed by atoms with E-state index in [4.69, 9.17) is 4.74 Å². The predicted octanol–water partition coefficient (Wildman–Crippen LogP) is 6.04. The molecule has 0 bridgehead atoms. The van der Waals surface area contributed by atoms with E-state index in [1.807, 2.05) is 24.3 Å². The van der Waals surface area contributed by atoms with Crippen LogP contribution in [-0.4, -0.2) is 15.9 Å². The number of ether oxygens (including phenoxy) is 1. The van der Waals surface area contributed by atoms with Crippen LogP contribution in [0.5, 0.6) is 6.01 Å². The number of esters is 1. The van der Waals surface area contributed by atoms with E-state index >= 15 is 0 Å². The molecule has 0 N–H and O–H groups in total. The van der Waals surface area contributed by atoms with Gasteiger partial charge in [0, 0.05) is 24.4 Å². The summed E-state index contributed by atoms with van der Waals surface area (Å²) in [6, 6.07) is 10.3. The zero-order valence-electron chi connectivity index (χ0n) is 17.1. The molecule has 0 radical (unpaired) electrons. The molecule has 0 amide bonds. The molecule has 0 aliphatic heterocycles. The highest BCUT2D eigenvalue weighted by Crippen LogP contribution is 2.22. The SMILES string of the molecule is CCCCCCCc1cnc(OC(=O)C=CC(CCC)c2ccccc2)nc1. The third-order valence-electron chi connectivity index (χ3n) is 4.73. The van der Waals surface area contributed by atoms with Gasteiger partial charge in [-0.2, -0.15) is 0 Å². The highest BCUT2D eigenvalue weighted by Gasteiger charge is 2.09. The lowest BCUT2D eigenvalue weighted by molar-refractivity contribution is -0.129. The minimum Gasteiger partial charge on any atom is -0.388 e. The Morgan fingerprint density at radius 2 is 1.71 bits per heavy atom. The van der Waals surface area contributed by atoms with E-state index < -0.39 is 5.97 Å². The predicted molar refractivity (Wildman–Crippen MR) is 113 cm³/mol. The zero-order chi connectivity index (χ0) is 20.0. The maximum absolute atomic E-state index is 12.1. The lowest BCUT2D eigenvalue weighted by Gasteiger charge is -2.11. The molecule has 1 heterocycles. The molecule has 2 rings (SSSR count). The average Bonchev–Trinajstić information content (AvgIpc) is 2.73. The van der Waals surface area contributed by atoms with Crippen LogP contribution in [-0.2, 0) is 11.2 Å². The first-order valence-corrected chi connectivity index (χ1v) is 10.5. The summed E-state index contributed by atoms with van der Waals surface area (Å²) in [5.74, 6) is -0.237. The summed E-state index contributed by atoms with van der Waals surface area (Å²) in [7, 11) is 0. The van der Waals surface area contributed by atoms with Gasteiger partial charge in [0.05, 0.1) is 0 Å². The number of unbranched alkanes of at least 4 members (excludes halogenated alkanes) is 4. The topological polar surface area (TPSA) is 52.1 Å². The first-order chi connectivity index (χ1) is 13.7. The van der Waals surface area contributed by atoms with Crippen molar-refractivity contribution in [3.63, 3.8) is 0 Å². The number of aryl methyl sites for hydroxylation is 1. The van der Waals surface area contributed by atoms with Crippen LogP contribution in [0, 0.1) is 0 Å². The molecular formula is C24H32N2O2. The van der Waals surface area contributed by atoms with Crippen LogP contribution < -0.4 is 4.74 Å². The summed E-state index contributed by atoms with van der Waals surface area (Å²) in [4.78, 5) is 20.5. The van der Waals surface area contributed by atoms with Gasteiger partial charge in [-0.3, -0.25) is 0 Å². The highest BCUT2D eigenvalue weighted by molar-refractivity contribution is 5.83. The molecule has 0 spiro atoms. The summed E-state index contributed by atoms with van der Waals surface area (Å²) in [6.45, 7) is 4.36. The molecule has 1 unspecified atom stereocenters. The van der Waals surface area contributed by atoms with Crippen molar-refractivity contribution in [1.82, 2.24) is 9.97 Å². The molecule has 0 aliphatic rings. The van der Waals surface area contributed by atoms with Gasteiger partial charge < -0.3 is 4.74 Å². The Hall–Kier alpha value is -2.49. The number of benzene rings is 1. The zero-order valence-corrected chi connectivity index (χ0v) is 17.1. The van der Waals surface area contributed by atoms with Crippen LogP contribution in [0.3, 0.4) is 0 Å². The number of hydrogen-bond acceptors (Lipinski definition) is 4. The summed E-state index contributed by atoms with van der Waals surface area (Å²) in [5, 5.41) is 0. The molecule has 150 valence electrons. The van der Waals surface area contributed by atoms with Crippen molar-refractivity contribution in [2.75, 3.05) is 0 Å². The summed E-state index contributed by atoms with van der Waals surface area (Å²) in [6.07, 6.45) is 16.1. The number of aromatic nitrogens is 2. The van der Waals surface area contributed by atoms with Gasteiger partial charge in [-0.25, -0.2) is 14.8 Å². The third-order valence-corrected chi connectivity index (χ3v) is 4.73. The lowest BCUT2D eigenvalue weighted by atomic mass is 9.94. The first-order valence-electron chi connectivity index (χ1n) is 10.5. The largest absolute Gasteiger partial charge is 0.388 e. The Bertz CT molecular complexity index is 711. The second-order valence-electron chi connectivity index (χ2n) is 7.12. The van der Waals surface area contributed by atoms with Crippen LogP contribution in [0.15, 0.2) is 54.9 Å². The van der Waals surface area contributed by atoms with Gasteiger partial charge in [0.25, 0.3) is 0 Å². The smallest absolute Gasteiger partial charge is 0.338 e. The normalized spacial score (nSPS) is 12.2. The molecule has 4 nitrogen and oxygen atoms in total. The first kappa shape index (κ1) is 21.8. The van der Waals surface area contributed by atoms with Crippen molar-refractivity contribution in [3.8, 4) is 6.01 Å². The van der Waals surface area contributed by atoms with Gasteiger partial charge in [0.1, 0.15) is 0 Å². The van der Waals surface area contributed by atoms with Gasteiger partial charge >= 0.3 is 12.0 Å². The molecule has 4 heteroatoms. The van der Waals surface area contributed by atoms with Crippen LogP contribution >= 0.6 is 0 Å². The van der Waals surface area contributed by atoms with E-state index in [0.29, 0.717) is 0 Å². The molecule has 1 atom stereocenters. The van der Waals surface area contributed by atoms with E-state index in [-0.39, 0.29) is 11.9 Å².